The van der Waals surface area contributed by atoms with E-state index >= 15 is 0 Å². The lowest BCUT2D eigenvalue weighted by atomic mass is 10.0. The van der Waals surface area contributed by atoms with E-state index in [0.29, 0.717) is 0 Å². The van der Waals surface area contributed by atoms with Crippen molar-refractivity contribution in [3.63, 3.8) is 0 Å². The minimum absolute atomic E-state index is 1.10. The van der Waals surface area contributed by atoms with E-state index in [9.17, 15) is 0 Å². The van der Waals surface area contributed by atoms with E-state index in [4.69, 9.17) is 0 Å². The SMILES string of the molecule is c1ccc(N(c2ccc(-c3ccc4c(c3)c3ccccc3n4-c3cccc4ccccc34)cc2)c2ccc(-c3ccc4c(c3)c3ccccc3n4-c3cccc4ccccc34)cc2)cc1. The maximum atomic E-state index is 2.42. The molecule has 0 fully saturated rings. The van der Waals surface area contributed by atoms with Gasteiger partial charge in [0.05, 0.1) is 33.4 Å². The Kier molecular flexibility index (Phi) is 8.53. The maximum Gasteiger partial charge on any atom is 0.0541 e. The molecule has 65 heavy (non-hydrogen) atoms. The molecule has 13 rings (SSSR count). The largest absolute Gasteiger partial charge is 0.311 e. The van der Waals surface area contributed by atoms with Crippen LogP contribution in [0.3, 0.4) is 0 Å². The van der Waals surface area contributed by atoms with Crippen LogP contribution in [0.4, 0.5) is 17.1 Å². The maximum absolute atomic E-state index is 2.42. The lowest BCUT2D eigenvalue weighted by Crippen LogP contribution is -2.09. The summed E-state index contributed by atoms with van der Waals surface area (Å²) in [4.78, 5) is 2.34. The van der Waals surface area contributed by atoms with Crippen molar-refractivity contribution in [2.45, 2.75) is 0 Å². The van der Waals surface area contributed by atoms with Gasteiger partial charge in [-0.25, -0.2) is 0 Å². The molecule has 2 heterocycles. The average molecular weight is 828 g/mol. The number of nitrogens with zero attached hydrogens (tertiary/aromatic N) is 3. The number of hydrogen-bond acceptors (Lipinski definition) is 1. The zero-order valence-electron chi connectivity index (χ0n) is 35.5. The topological polar surface area (TPSA) is 13.1 Å². The molecule has 0 aliphatic carbocycles. The van der Waals surface area contributed by atoms with E-state index < -0.39 is 0 Å². The molecule has 13 aromatic rings. The quantitative estimate of drug-likeness (QED) is 0.156. The summed E-state index contributed by atoms with van der Waals surface area (Å²) in [6, 6.07) is 90.6. The molecule has 3 heteroatoms. The van der Waals surface area contributed by atoms with Gasteiger partial charge >= 0.3 is 0 Å². The Bertz CT molecular complexity index is 3680. The lowest BCUT2D eigenvalue weighted by molar-refractivity contribution is 1.20. The predicted octanol–water partition coefficient (Wildman–Crippen LogP) is 17.0. The summed E-state index contributed by atoms with van der Waals surface area (Å²) >= 11 is 0. The van der Waals surface area contributed by atoms with E-state index in [1.807, 2.05) is 0 Å². The van der Waals surface area contributed by atoms with Gasteiger partial charge in [-0.2, -0.15) is 0 Å². The molecule has 304 valence electrons. The van der Waals surface area contributed by atoms with E-state index in [2.05, 4.69) is 263 Å². The van der Waals surface area contributed by atoms with Crippen molar-refractivity contribution < 1.29 is 0 Å². The summed E-state index contributed by atoms with van der Waals surface area (Å²) in [7, 11) is 0. The molecule has 0 unspecified atom stereocenters. The standard InChI is InChI=1S/C62H41N3/c1-2-18-48(19-3-1)63(49-34-28-42(29-35-49)46-32-38-61-55(40-46)53-22-8-10-24-59(53)64(61)57-26-12-16-44-14-4-6-20-51(44)57)50-36-30-43(31-37-50)47-33-39-62-56(41-47)54-23-9-11-25-60(54)65(62)58-27-13-17-45-15-5-7-21-52(45)58/h1-41H. The van der Waals surface area contributed by atoms with E-state index in [1.54, 1.807) is 0 Å². The van der Waals surface area contributed by atoms with E-state index in [-0.39, 0.29) is 0 Å². The van der Waals surface area contributed by atoms with Crippen molar-refractivity contribution in [3.05, 3.63) is 249 Å². The van der Waals surface area contributed by atoms with Crippen LogP contribution in [0, 0.1) is 0 Å². The van der Waals surface area contributed by atoms with Crippen molar-refractivity contribution >= 4 is 82.2 Å². The van der Waals surface area contributed by atoms with Crippen LogP contribution >= 0.6 is 0 Å². The Balaban J connectivity index is 0.855. The summed E-state index contributed by atoms with van der Waals surface area (Å²) in [5, 5.41) is 9.96. The fourth-order valence-electron chi connectivity index (χ4n) is 10.3. The number of rotatable bonds is 7. The second-order valence-corrected chi connectivity index (χ2v) is 16.9. The van der Waals surface area contributed by atoms with E-state index in [0.717, 1.165) is 17.1 Å². The Morgan fingerprint density at radius 2 is 0.585 bits per heavy atom. The lowest BCUT2D eigenvalue weighted by Gasteiger charge is -2.26. The second-order valence-electron chi connectivity index (χ2n) is 16.9. The summed E-state index contributed by atoms with van der Waals surface area (Å²) < 4.78 is 4.85. The van der Waals surface area contributed by atoms with Crippen molar-refractivity contribution in [1.29, 1.82) is 0 Å². The number of para-hydroxylation sites is 3. The van der Waals surface area contributed by atoms with Gasteiger partial charge in [-0.1, -0.05) is 164 Å². The first kappa shape index (κ1) is 36.9. The van der Waals surface area contributed by atoms with Crippen LogP contribution in [0.5, 0.6) is 0 Å². The van der Waals surface area contributed by atoms with Crippen LogP contribution in [0.2, 0.25) is 0 Å². The van der Waals surface area contributed by atoms with Gasteiger partial charge in [0.25, 0.3) is 0 Å². The Morgan fingerprint density at radius 3 is 1.06 bits per heavy atom. The second kappa shape index (κ2) is 15.0. The zero-order valence-corrected chi connectivity index (χ0v) is 35.5. The zero-order chi connectivity index (χ0) is 42.8. The molecular weight excluding hydrogens is 787 g/mol. The third kappa shape index (κ3) is 6.05. The fourth-order valence-corrected chi connectivity index (χ4v) is 10.3. The van der Waals surface area contributed by atoms with Crippen LogP contribution in [-0.4, -0.2) is 9.13 Å². The van der Waals surface area contributed by atoms with Gasteiger partial charge in [-0.15, -0.1) is 0 Å². The molecule has 0 radical (unpaired) electrons. The van der Waals surface area contributed by atoms with E-state index in [1.165, 1.54) is 98.8 Å². The van der Waals surface area contributed by atoms with Crippen molar-refractivity contribution in [3.8, 4) is 33.6 Å². The van der Waals surface area contributed by atoms with Gasteiger partial charge < -0.3 is 14.0 Å². The molecule has 0 aliphatic rings. The van der Waals surface area contributed by atoms with Gasteiger partial charge in [0.15, 0.2) is 0 Å². The number of hydrogen-bond donors (Lipinski definition) is 0. The minimum atomic E-state index is 1.10. The average Bonchev–Trinajstić information content (AvgIpc) is 3.89. The van der Waals surface area contributed by atoms with Gasteiger partial charge in [0.1, 0.15) is 0 Å². The Labute approximate surface area is 376 Å². The van der Waals surface area contributed by atoms with Crippen LogP contribution in [0.15, 0.2) is 249 Å². The smallest absolute Gasteiger partial charge is 0.0541 e. The highest BCUT2D eigenvalue weighted by Crippen LogP contribution is 2.41. The van der Waals surface area contributed by atoms with Crippen LogP contribution in [-0.2, 0) is 0 Å². The molecule has 0 aliphatic heterocycles. The first-order valence-electron chi connectivity index (χ1n) is 22.3. The van der Waals surface area contributed by atoms with Gasteiger partial charge in [0.2, 0.25) is 0 Å². The number of benzene rings is 11. The van der Waals surface area contributed by atoms with Crippen LogP contribution in [0.25, 0.3) is 98.8 Å². The highest BCUT2D eigenvalue weighted by Gasteiger charge is 2.18. The number of anilines is 3. The van der Waals surface area contributed by atoms with Crippen molar-refractivity contribution in [1.82, 2.24) is 9.13 Å². The molecule has 0 bridgehead atoms. The van der Waals surface area contributed by atoms with Crippen molar-refractivity contribution in [2.75, 3.05) is 4.90 Å². The Morgan fingerprint density at radius 1 is 0.231 bits per heavy atom. The molecule has 0 amide bonds. The molecule has 0 spiro atoms. The van der Waals surface area contributed by atoms with Gasteiger partial charge in [-0.05, 0) is 118 Å². The molecular formula is C62H41N3. The third-order valence-electron chi connectivity index (χ3n) is 13.3. The van der Waals surface area contributed by atoms with Crippen LogP contribution in [0.1, 0.15) is 0 Å². The Hall–Kier alpha value is -8.66. The molecule has 0 saturated heterocycles. The number of fused-ring (bicyclic) bond motifs is 8. The highest BCUT2D eigenvalue weighted by atomic mass is 15.1. The number of aromatic nitrogens is 2. The monoisotopic (exact) mass is 827 g/mol. The highest BCUT2D eigenvalue weighted by molar-refractivity contribution is 6.13. The molecule has 11 aromatic carbocycles. The first-order valence-corrected chi connectivity index (χ1v) is 22.3. The van der Waals surface area contributed by atoms with Gasteiger partial charge in [0, 0.05) is 49.4 Å². The normalized spacial score (nSPS) is 11.7. The summed E-state index contributed by atoms with van der Waals surface area (Å²) in [6.45, 7) is 0. The minimum Gasteiger partial charge on any atom is -0.311 e. The fraction of sp³-hybridized carbons (Fsp3) is 0. The molecule has 2 aromatic heterocycles. The van der Waals surface area contributed by atoms with Crippen molar-refractivity contribution in [2.24, 2.45) is 0 Å². The van der Waals surface area contributed by atoms with Gasteiger partial charge in [-0.3, -0.25) is 0 Å². The summed E-state index contributed by atoms with van der Waals surface area (Å²) in [5.41, 5.74) is 15.3. The summed E-state index contributed by atoms with van der Waals surface area (Å²) in [5.74, 6) is 0. The molecule has 0 atom stereocenters. The predicted molar refractivity (Wildman–Crippen MR) is 276 cm³/mol. The van der Waals surface area contributed by atoms with Crippen LogP contribution < -0.4 is 4.90 Å². The molecule has 0 saturated carbocycles. The summed E-state index contributed by atoms with van der Waals surface area (Å²) in [6.07, 6.45) is 0. The molecule has 3 nitrogen and oxygen atoms in total. The first-order chi connectivity index (χ1) is 32.2. The third-order valence-corrected chi connectivity index (χ3v) is 13.3. The molecule has 0 N–H and O–H groups in total.